The normalized spacial score (nSPS) is 10.4. The number of H-pyrrole nitrogens is 1. The zero-order valence-electron chi connectivity index (χ0n) is 10.5. The third-order valence-electron chi connectivity index (χ3n) is 2.73. The number of thiazole rings is 1. The summed E-state index contributed by atoms with van der Waals surface area (Å²) in [6.07, 6.45) is 2.02. The summed E-state index contributed by atoms with van der Waals surface area (Å²) in [5.74, 6) is -0.0679. The molecule has 0 aliphatic carbocycles. The van der Waals surface area contributed by atoms with E-state index in [4.69, 9.17) is 0 Å². The van der Waals surface area contributed by atoms with Gasteiger partial charge in [0.25, 0.3) is 0 Å². The van der Waals surface area contributed by atoms with E-state index in [1.165, 1.54) is 11.3 Å². The SMILES string of the molecule is O=C(Cc1ccccc1)Nc1nc(-c2ccn[nH]2)cs1. The fourth-order valence-corrected chi connectivity index (χ4v) is 2.52. The van der Waals surface area contributed by atoms with Crippen LogP contribution in [0, 0.1) is 0 Å². The Morgan fingerprint density at radius 2 is 2.10 bits per heavy atom. The standard InChI is InChI=1S/C14H12N4OS/c19-13(8-10-4-2-1-3-5-10)17-14-16-12(9-20-14)11-6-7-15-18-11/h1-7,9H,8H2,(H,15,18)(H,16,17,19). The van der Waals surface area contributed by atoms with Crippen molar-refractivity contribution in [3.8, 4) is 11.4 Å². The molecule has 1 amide bonds. The van der Waals surface area contributed by atoms with E-state index in [0.29, 0.717) is 11.6 Å². The molecule has 100 valence electrons. The summed E-state index contributed by atoms with van der Waals surface area (Å²) in [5.41, 5.74) is 2.60. The van der Waals surface area contributed by atoms with Crippen molar-refractivity contribution in [2.75, 3.05) is 5.32 Å². The molecule has 0 spiro atoms. The van der Waals surface area contributed by atoms with Crippen LogP contribution in [0.5, 0.6) is 0 Å². The van der Waals surface area contributed by atoms with Crippen molar-refractivity contribution in [1.82, 2.24) is 15.2 Å². The first-order valence-electron chi connectivity index (χ1n) is 6.10. The van der Waals surface area contributed by atoms with Gasteiger partial charge in [-0.3, -0.25) is 9.89 Å². The predicted octanol–water partition coefficient (Wildman–Crippen LogP) is 2.71. The maximum absolute atomic E-state index is 11.9. The number of aromatic amines is 1. The molecule has 20 heavy (non-hydrogen) atoms. The smallest absolute Gasteiger partial charge is 0.230 e. The summed E-state index contributed by atoms with van der Waals surface area (Å²) in [7, 11) is 0. The second-order valence-corrected chi connectivity index (χ2v) is 5.08. The summed E-state index contributed by atoms with van der Waals surface area (Å²) in [5, 5.41) is 12.0. The van der Waals surface area contributed by atoms with E-state index >= 15 is 0 Å². The van der Waals surface area contributed by atoms with Crippen LogP contribution in [0.25, 0.3) is 11.4 Å². The molecule has 0 bridgehead atoms. The number of aromatic nitrogens is 3. The highest BCUT2D eigenvalue weighted by Gasteiger charge is 2.09. The van der Waals surface area contributed by atoms with Gasteiger partial charge in [-0.05, 0) is 11.6 Å². The van der Waals surface area contributed by atoms with Crippen LogP contribution in [-0.2, 0) is 11.2 Å². The van der Waals surface area contributed by atoms with Gasteiger partial charge in [-0.25, -0.2) is 4.98 Å². The van der Waals surface area contributed by atoms with Crippen LogP contribution in [0.1, 0.15) is 5.56 Å². The third-order valence-corrected chi connectivity index (χ3v) is 3.49. The fourth-order valence-electron chi connectivity index (χ4n) is 1.80. The molecule has 3 aromatic rings. The zero-order valence-corrected chi connectivity index (χ0v) is 11.4. The highest BCUT2D eigenvalue weighted by Crippen LogP contribution is 2.23. The molecule has 5 nitrogen and oxygen atoms in total. The number of anilines is 1. The van der Waals surface area contributed by atoms with Gasteiger partial charge >= 0.3 is 0 Å². The van der Waals surface area contributed by atoms with Crippen LogP contribution in [0.4, 0.5) is 5.13 Å². The summed E-state index contributed by atoms with van der Waals surface area (Å²) in [4.78, 5) is 16.3. The van der Waals surface area contributed by atoms with Gasteiger partial charge in [0, 0.05) is 11.6 Å². The van der Waals surface area contributed by atoms with Crippen LogP contribution < -0.4 is 5.32 Å². The molecule has 0 saturated carbocycles. The number of hydrogen-bond acceptors (Lipinski definition) is 4. The number of nitrogens with one attached hydrogen (secondary N) is 2. The highest BCUT2D eigenvalue weighted by molar-refractivity contribution is 7.14. The first kappa shape index (κ1) is 12.6. The molecule has 2 heterocycles. The van der Waals surface area contributed by atoms with E-state index in [2.05, 4.69) is 20.5 Å². The number of benzene rings is 1. The first-order valence-corrected chi connectivity index (χ1v) is 6.98. The fraction of sp³-hybridized carbons (Fsp3) is 0.0714. The lowest BCUT2D eigenvalue weighted by atomic mass is 10.1. The Kier molecular flexibility index (Phi) is 3.56. The number of carbonyl (C=O) groups is 1. The Morgan fingerprint density at radius 3 is 2.85 bits per heavy atom. The van der Waals surface area contributed by atoms with E-state index in [1.54, 1.807) is 6.20 Å². The molecule has 0 aliphatic rings. The summed E-state index contributed by atoms with van der Waals surface area (Å²) < 4.78 is 0. The Hall–Kier alpha value is -2.47. The summed E-state index contributed by atoms with van der Waals surface area (Å²) >= 11 is 1.40. The van der Waals surface area contributed by atoms with Gasteiger partial charge < -0.3 is 5.32 Å². The molecule has 6 heteroatoms. The molecule has 0 atom stereocenters. The first-order chi connectivity index (χ1) is 9.81. The van der Waals surface area contributed by atoms with Crippen molar-refractivity contribution in [1.29, 1.82) is 0 Å². The number of nitrogens with zero attached hydrogens (tertiary/aromatic N) is 2. The highest BCUT2D eigenvalue weighted by atomic mass is 32.1. The lowest BCUT2D eigenvalue weighted by molar-refractivity contribution is -0.115. The second kappa shape index (κ2) is 5.66. The van der Waals surface area contributed by atoms with Gasteiger partial charge in [0.15, 0.2) is 5.13 Å². The van der Waals surface area contributed by atoms with E-state index in [1.807, 2.05) is 41.8 Å². The van der Waals surface area contributed by atoms with E-state index in [0.717, 1.165) is 17.0 Å². The molecule has 0 fully saturated rings. The molecule has 2 aromatic heterocycles. The van der Waals surface area contributed by atoms with Gasteiger partial charge in [0.1, 0.15) is 5.69 Å². The minimum absolute atomic E-state index is 0.0679. The molecule has 3 rings (SSSR count). The van der Waals surface area contributed by atoms with Crippen molar-refractivity contribution in [2.24, 2.45) is 0 Å². The Balaban J connectivity index is 1.65. The molecule has 0 radical (unpaired) electrons. The molecule has 2 N–H and O–H groups in total. The molecular formula is C14H12N4OS. The molecule has 1 aromatic carbocycles. The number of amides is 1. The monoisotopic (exact) mass is 284 g/mol. The van der Waals surface area contributed by atoms with Crippen LogP contribution in [0.2, 0.25) is 0 Å². The van der Waals surface area contributed by atoms with Gasteiger partial charge in [-0.1, -0.05) is 30.3 Å². The largest absolute Gasteiger partial charge is 0.302 e. The van der Waals surface area contributed by atoms with Crippen LogP contribution in [-0.4, -0.2) is 21.1 Å². The van der Waals surface area contributed by atoms with Crippen LogP contribution in [0.3, 0.4) is 0 Å². The van der Waals surface area contributed by atoms with Crippen molar-refractivity contribution in [2.45, 2.75) is 6.42 Å². The van der Waals surface area contributed by atoms with Crippen molar-refractivity contribution in [3.05, 3.63) is 53.5 Å². The van der Waals surface area contributed by atoms with E-state index in [9.17, 15) is 4.79 Å². The van der Waals surface area contributed by atoms with Gasteiger partial charge in [-0.2, -0.15) is 5.10 Å². The average Bonchev–Trinajstić information content (AvgIpc) is 3.10. The average molecular weight is 284 g/mol. The van der Waals surface area contributed by atoms with E-state index < -0.39 is 0 Å². The number of rotatable bonds is 4. The topological polar surface area (TPSA) is 70.7 Å². The molecule has 0 aliphatic heterocycles. The Bertz CT molecular complexity index is 691. The lowest BCUT2D eigenvalue weighted by Gasteiger charge is -2.01. The van der Waals surface area contributed by atoms with Crippen molar-refractivity contribution in [3.63, 3.8) is 0 Å². The Labute approximate surface area is 119 Å². The summed E-state index contributed by atoms with van der Waals surface area (Å²) in [6.45, 7) is 0. The van der Waals surface area contributed by atoms with Crippen LogP contribution >= 0.6 is 11.3 Å². The lowest BCUT2D eigenvalue weighted by Crippen LogP contribution is -2.14. The van der Waals surface area contributed by atoms with Gasteiger partial charge in [-0.15, -0.1) is 11.3 Å². The molecule has 0 saturated heterocycles. The minimum Gasteiger partial charge on any atom is -0.302 e. The maximum Gasteiger partial charge on any atom is 0.230 e. The number of carbonyl (C=O) groups excluding carboxylic acids is 1. The quantitative estimate of drug-likeness (QED) is 0.774. The minimum atomic E-state index is -0.0679. The predicted molar refractivity (Wildman–Crippen MR) is 78.5 cm³/mol. The van der Waals surface area contributed by atoms with Crippen molar-refractivity contribution >= 4 is 22.4 Å². The third kappa shape index (κ3) is 2.92. The molecule has 0 unspecified atom stereocenters. The van der Waals surface area contributed by atoms with Crippen LogP contribution in [0.15, 0.2) is 48.0 Å². The van der Waals surface area contributed by atoms with Gasteiger partial charge in [0.2, 0.25) is 5.91 Å². The van der Waals surface area contributed by atoms with Crippen molar-refractivity contribution < 1.29 is 4.79 Å². The Morgan fingerprint density at radius 1 is 1.25 bits per heavy atom. The van der Waals surface area contributed by atoms with Gasteiger partial charge in [0.05, 0.1) is 12.1 Å². The summed E-state index contributed by atoms with van der Waals surface area (Å²) in [6, 6.07) is 11.5. The number of hydrogen-bond donors (Lipinski definition) is 2. The zero-order chi connectivity index (χ0) is 13.8. The second-order valence-electron chi connectivity index (χ2n) is 4.22. The van der Waals surface area contributed by atoms with E-state index in [-0.39, 0.29) is 5.91 Å². The maximum atomic E-state index is 11.9. The molecular weight excluding hydrogens is 272 g/mol.